The number of carbonyl (C=O) groups excluding carboxylic acids is 1. The van der Waals surface area contributed by atoms with E-state index >= 15 is 0 Å². The number of alkyl halides is 6. The fraction of sp³-hybridized carbons (Fsp3) is 0.323. The zero-order chi connectivity index (χ0) is 32.0. The van der Waals surface area contributed by atoms with Crippen molar-refractivity contribution in [1.82, 2.24) is 4.90 Å². The summed E-state index contributed by atoms with van der Waals surface area (Å²) in [6.07, 6.45) is -7.98. The summed E-state index contributed by atoms with van der Waals surface area (Å²) in [5, 5.41) is 14.8. The van der Waals surface area contributed by atoms with Crippen LogP contribution in [-0.4, -0.2) is 48.5 Å². The van der Waals surface area contributed by atoms with Gasteiger partial charge >= 0.3 is 18.8 Å². The van der Waals surface area contributed by atoms with Crippen molar-refractivity contribution in [3.63, 3.8) is 0 Å². The van der Waals surface area contributed by atoms with Gasteiger partial charge in [-0.2, -0.15) is 0 Å². The first-order valence-corrected chi connectivity index (χ1v) is 13.6. The number of piperidine rings is 1. The Morgan fingerprint density at radius 1 is 0.844 bits per heavy atom. The molecule has 1 fully saturated rings. The first kappa shape index (κ1) is 35.5. The largest absolute Gasteiger partial charge is 0.573 e. The summed E-state index contributed by atoms with van der Waals surface area (Å²) >= 11 is 0. The monoisotopic (exact) mass is 660 g/mol. The molecule has 0 unspecified atom stereocenters. The molecule has 3 aromatic carbocycles. The molecule has 0 spiro atoms. The minimum Gasteiger partial charge on any atom is -0.445 e. The average molecular weight is 661 g/mol. The molecule has 1 aliphatic rings. The van der Waals surface area contributed by atoms with E-state index in [1.165, 1.54) is 30.3 Å². The van der Waals surface area contributed by atoms with Gasteiger partial charge in [-0.05, 0) is 84.9 Å². The van der Waals surface area contributed by atoms with Crippen LogP contribution in [0.1, 0.15) is 29.5 Å². The van der Waals surface area contributed by atoms with Crippen LogP contribution in [0, 0.1) is 5.92 Å². The molecule has 7 nitrogen and oxygen atoms in total. The van der Waals surface area contributed by atoms with Gasteiger partial charge in [0.1, 0.15) is 23.7 Å². The normalized spacial score (nSPS) is 14.6. The number of carbonyl (C=O) groups is 1. The van der Waals surface area contributed by atoms with Crippen molar-refractivity contribution in [1.29, 1.82) is 0 Å². The molecule has 45 heavy (non-hydrogen) atoms. The lowest BCUT2D eigenvalue weighted by Gasteiger charge is -2.42. The van der Waals surface area contributed by atoms with E-state index in [4.69, 9.17) is 4.74 Å². The van der Waals surface area contributed by atoms with E-state index in [2.05, 4.69) is 26.3 Å². The highest BCUT2D eigenvalue weighted by Gasteiger charge is 2.42. The number of aliphatic hydroxyl groups is 1. The molecule has 0 saturated carbocycles. The zero-order valence-electron chi connectivity index (χ0n) is 23.7. The van der Waals surface area contributed by atoms with Crippen molar-refractivity contribution in [2.24, 2.45) is 5.92 Å². The molecule has 0 aliphatic carbocycles. The lowest BCUT2D eigenvalue weighted by atomic mass is 9.72. The van der Waals surface area contributed by atoms with E-state index in [0.29, 0.717) is 38.2 Å². The number of rotatable bonds is 10. The van der Waals surface area contributed by atoms with Gasteiger partial charge in [0.25, 0.3) is 0 Å². The average Bonchev–Trinajstić information content (AvgIpc) is 2.96. The molecule has 14 heteroatoms. The number of nitrogens with zero attached hydrogens (tertiary/aromatic N) is 1. The summed E-state index contributed by atoms with van der Waals surface area (Å²) in [4.78, 5) is 13.9. The van der Waals surface area contributed by atoms with Crippen LogP contribution in [0.2, 0.25) is 0 Å². The summed E-state index contributed by atoms with van der Waals surface area (Å²) in [5.74, 6) is -1.36. The Balaban J connectivity index is 0.00000552. The van der Waals surface area contributed by atoms with Crippen LogP contribution in [0.4, 0.5) is 36.8 Å². The lowest BCUT2D eigenvalue weighted by molar-refractivity contribution is -0.275. The number of anilines is 1. The summed E-state index contributed by atoms with van der Waals surface area (Å²) in [6.45, 7) is 5.27. The Labute approximate surface area is 261 Å². The second kappa shape index (κ2) is 14.9. The fourth-order valence-electron chi connectivity index (χ4n) is 5.21. The van der Waals surface area contributed by atoms with Gasteiger partial charge < -0.3 is 19.3 Å². The van der Waals surface area contributed by atoms with Gasteiger partial charge in [-0.25, -0.2) is 4.79 Å². The van der Waals surface area contributed by atoms with Crippen LogP contribution in [0.3, 0.4) is 0 Å². The number of amides is 1. The van der Waals surface area contributed by atoms with Gasteiger partial charge in [0, 0.05) is 12.2 Å². The number of halogens is 7. The second-order valence-electron chi connectivity index (χ2n) is 10.2. The van der Waals surface area contributed by atoms with Gasteiger partial charge in [-0.1, -0.05) is 49.1 Å². The third-order valence-corrected chi connectivity index (χ3v) is 7.17. The topological polar surface area (TPSA) is 80.3 Å². The molecule has 1 heterocycles. The van der Waals surface area contributed by atoms with Crippen molar-refractivity contribution in [2.75, 3.05) is 25.0 Å². The highest BCUT2D eigenvalue weighted by molar-refractivity contribution is 5.85. The molecule has 3 aromatic rings. The van der Waals surface area contributed by atoms with Gasteiger partial charge in [-0.3, -0.25) is 10.2 Å². The maximum Gasteiger partial charge on any atom is 0.573 e. The first-order valence-electron chi connectivity index (χ1n) is 13.6. The van der Waals surface area contributed by atoms with Crippen LogP contribution >= 0.6 is 12.4 Å². The summed E-state index contributed by atoms with van der Waals surface area (Å²) < 4.78 is 89.0. The van der Waals surface area contributed by atoms with Gasteiger partial charge in [0.2, 0.25) is 0 Å². The van der Waals surface area contributed by atoms with Crippen LogP contribution < -0.4 is 14.8 Å². The molecular weight excluding hydrogens is 630 g/mol. The summed E-state index contributed by atoms with van der Waals surface area (Å²) in [5.41, 5.74) is 0.344. The smallest absolute Gasteiger partial charge is 0.445 e. The van der Waals surface area contributed by atoms with E-state index < -0.39 is 41.8 Å². The minimum absolute atomic E-state index is 0. The van der Waals surface area contributed by atoms with E-state index in [9.17, 15) is 36.2 Å². The van der Waals surface area contributed by atoms with E-state index in [1.54, 1.807) is 12.1 Å². The maximum absolute atomic E-state index is 12.7. The predicted octanol–water partition coefficient (Wildman–Crippen LogP) is 7.79. The number of likely N-dealkylation sites (tertiary alicyclic amines) is 1. The third-order valence-electron chi connectivity index (χ3n) is 7.17. The number of ether oxygens (including phenoxy) is 3. The second-order valence-corrected chi connectivity index (χ2v) is 10.2. The van der Waals surface area contributed by atoms with Gasteiger partial charge in [0.15, 0.2) is 0 Å². The van der Waals surface area contributed by atoms with E-state index in [-0.39, 0.29) is 30.1 Å². The Morgan fingerprint density at radius 3 is 1.73 bits per heavy atom. The molecule has 0 aromatic heterocycles. The van der Waals surface area contributed by atoms with Gasteiger partial charge in [0.05, 0.1) is 0 Å². The Hall–Kier alpha value is -3.94. The van der Waals surface area contributed by atoms with E-state index in [1.807, 2.05) is 12.1 Å². The Morgan fingerprint density at radius 2 is 1.31 bits per heavy atom. The quantitative estimate of drug-likeness (QED) is 0.171. The lowest BCUT2D eigenvalue weighted by Crippen LogP contribution is -2.44. The van der Waals surface area contributed by atoms with Crippen molar-refractivity contribution in [2.45, 2.75) is 37.7 Å². The highest BCUT2D eigenvalue weighted by atomic mass is 35.5. The third kappa shape index (κ3) is 10.0. The number of hydrogen-bond acceptors (Lipinski definition) is 6. The first-order chi connectivity index (χ1) is 20.7. The molecule has 244 valence electrons. The standard InChI is InChI=1S/C31H30F6N2O5.ClH/c1-2-19-42-28(40)38-25-9-3-21(4-10-25)20-39-17-15-24(16-18-39)29(41,22-5-11-26(12-6-22)43-30(32,33)34)23-7-13-27(14-8-23)44-31(35,36)37;/h2-14,24,41H,1,15-20H2,(H,38,40);1H. The van der Waals surface area contributed by atoms with Crippen molar-refractivity contribution >= 4 is 24.2 Å². The SMILES string of the molecule is C=CCOC(=O)Nc1ccc(CN2CCC(C(O)(c3ccc(OC(F)(F)F)cc3)c3ccc(OC(F)(F)F)cc3)CC2)cc1.Cl. The molecular formula is C31H31ClF6N2O5. The number of benzene rings is 3. The van der Waals surface area contributed by atoms with Crippen molar-refractivity contribution in [3.8, 4) is 11.5 Å². The van der Waals surface area contributed by atoms with E-state index in [0.717, 1.165) is 29.8 Å². The van der Waals surface area contributed by atoms with Crippen LogP contribution in [0.5, 0.6) is 11.5 Å². The molecule has 0 bridgehead atoms. The van der Waals surface area contributed by atoms with Crippen LogP contribution in [0.15, 0.2) is 85.5 Å². The minimum atomic E-state index is -4.90. The van der Waals surface area contributed by atoms with Crippen molar-refractivity contribution < 1.29 is 50.5 Å². The molecule has 4 rings (SSSR count). The molecule has 1 aliphatic heterocycles. The fourth-order valence-corrected chi connectivity index (χ4v) is 5.21. The Kier molecular flexibility index (Phi) is 11.8. The maximum atomic E-state index is 12.7. The zero-order valence-corrected chi connectivity index (χ0v) is 24.6. The number of hydrogen-bond donors (Lipinski definition) is 2. The number of nitrogens with one attached hydrogen (secondary N) is 1. The van der Waals surface area contributed by atoms with Crippen LogP contribution in [0.25, 0.3) is 0 Å². The molecule has 2 N–H and O–H groups in total. The molecule has 0 atom stereocenters. The summed E-state index contributed by atoms with van der Waals surface area (Å²) in [7, 11) is 0. The van der Waals surface area contributed by atoms with Crippen LogP contribution in [-0.2, 0) is 16.9 Å². The molecule has 1 saturated heterocycles. The van der Waals surface area contributed by atoms with Crippen molar-refractivity contribution in [3.05, 3.63) is 102 Å². The molecule has 0 radical (unpaired) electrons. The Bertz CT molecular complexity index is 1330. The predicted molar refractivity (Wildman–Crippen MR) is 156 cm³/mol. The highest BCUT2D eigenvalue weighted by Crippen LogP contribution is 2.43. The molecule has 1 amide bonds. The summed E-state index contributed by atoms with van der Waals surface area (Å²) in [6, 6.07) is 16.8. The van der Waals surface area contributed by atoms with Gasteiger partial charge in [-0.15, -0.1) is 38.7 Å².